The Morgan fingerprint density at radius 1 is 0.810 bits per heavy atom. The molecule has 0 N–H and O–H groups in total. The zero-order valence-corrected chi connectivity index (χ0v) is 13.0. The molecular formula is C17H15BrN2O. The van der Waals surface area contributed by atoms with Gasteiger partial charge in [0.25, 0.3) is 0 Å². The van der Waals surface area contributed by atoms with E-state index in [0.29, 0.717) is 13.1 Å². The van der Waals surface area contributed by atoms with Gasteiger partial charge in [-0.25, -0.2) is 4.79 Å². The molecular weight excluding hydrogens is 328 g/mol. The van der Waals surface area contributed by atoms with Crippen LogP contribution in [0.4, 0.5) is 0 Å². The van der Waals surface area contributed by atoms with E-state index < -0.39 is 0 Å². The third-order valence-corrected chi connectivity index (χ3v) is 4.19. The Labute approximate surface area is 131 Å². The van der Waals surface area contributed by atoms with E-state index in [-0.39, 0.29) is 5.69 Å². The smallest absolute Gasteiger partial charge is 0.295 e. The molecule has 0 amide bonds. The van der Waals surface area contributed by atoms with Gasteiger partial charge in [-0.2, -0.15) is 0 Å². The lowest BCUT2D eigenvalue weighted by molar-refractivity contribution is 0.683. The maximum atomic E-state index is 12.4. The highest BCUT2D eigenvalue weighted by Gasteiger charge is 2.06. The number of aromatic nitrogens is 2. The van der Waals surface area contributed by atoms with Gasteiger partial charge in [0.2, 0.25) is 0 Å². The average molecular weight is 343 g/mol. The van der Waals surface area contributed by atoms with Gasteiger partial charge in [0, 0.05) is 16.9 Å². The Morgan fingerprint density at radius 3 is 2.14 bits per heavy atom. The minimum Gasteiger partial charge on any atom is -0.295 e. The largest absolute Gasteiger partial charge is 0.328 e. The number of hydrogen-bond acceptors (Lipinski definition) is 1. The van der Waals surface area contributed by atoms with Crippen molar-refractivity contribution in [1.82, 2.24) is 9.13 Å². The molecule has 21 heavy (non-hydrogen) atoms. The maximum Gasteiger partial charge on any atom is 0.328 e. The molecule has 0 radical (unpaired) electrons. The summed E-state index contributed by atoms with van der Waals surface area (Å²) < 4.78 is 4.47. The van der Waals surface area contributed by atoms with Crippen LogP contribution in [0.3, 0.4) is 0 Å². The molecule has 0 saturated heterocycles. The Morgan fingerprint density at radius 2 is 1.43 bits per heavy atom. The van der Waals surface area contributed by atoms with Crippen molar-refractivity contribution in [2.75, 3.05) is 0 Å². The predicted octanol–water partition coefficient (Wildman–Crippen LogP) is 3.51. The second-order valence-electron chi connectivity index (χ2n) is 4.91. The average Bonchev–Trinajstić information content (AvgIpc) is 2.84. The Bertz CT molecular complexity index is 790. The lowest BCUT2D eigenvalue weighted by atomic mass is 10.2. The van der Waals surface area contributed by atoms with Gasteiger partial charge < -0.3 is 0 Å². The summed E-state index contributed by atoms with van der Waals surface area (Å²) in [6.45, 7) is 1.17. The SMILES string of the molecule is O=c1n(Cc2ccccc2)ccn1Cc1ccccc1Br. The van der Waals surface area contributed by atoms with Crippen LogP contribution >= 0.6 is 15.9 Å². The third kappa shape index (κ3) is 3.16. The zero-order valence-electron chi connectivity index (χ0n) is 11.4. The van der Waals surface area contributed by atoms with E-state index in [1.807, 2.05) is 67.0 Å². The van der Waals surface area contributed by atoms with Crippen LogP contribution < -0.4 is 5.69 Å². The molecule has 3 aromatic rings. The molecule has 1 heterocycles. The standard InChI is InChI=1S/C17H15BrN2O/c18-16-9-5-4-8-15(16)13-20-11-10-19(17(20)21)12-14-6-2-1-3-7-14/h1-11H,12-13H2. The number of nitrogens with zero attached hydrogens (tertiary/aromatic N) is 2. The summed E-state index contributed by atoms with van der Waals surface area (Å²) in [6.07, 6.45) is 3.68. The molecule has 0 bridgehead atoms. The quantitative estimate of drug-likeness (QED) is 0.712. The van der Waals surface area contributed by atoms with Crippen molar-refractivity contribution in [3.63, 3.8) is 0 Å². The van der Waals surface area contributed by atoms with Crippen LogP contribution in [0, 0.1) is 0 Å². The van der Waals surface area contributed by atoms with Gasteiger partial charge in [-0.1, -0.05) is 64.5 Å². The van der Waals surface area contributed by atoms with Crippen molar-refractivity contribution >= 4 is 15.9 Å². The molecule has 1 aromatic heterocycles. The first kappa shape index (κ1) is 13.9. The lowest BCUT2D eigenvalue weighted by Gasteiger charge is -2.05. The summed E-state index contributed by atoms with van der Waals surface area (Å²) in [5, 5.41) is 0. The van der Waals surface area contributed by atoms with Crippen molar-refractivity contribution in [2.45, 2.75) is 13.1 Å². The molecule has 0 aliphatic heterocycles. The van der Waals surface area contributed by atoms with Crippen molar-refractivity contribution in [3.05, 3.63) is 93.1 Å². The fourth-order valence-corrected chi connectivity index (χ4v) is 2.69. The minimum absolute atomic E-state index is 0.00889. The number of rotatable bonds is 4. The van der Waals surface area contributed by atoms with Gasteiger partial charge in [-0.3, -0.25) is 9.13 Å². The van der Waals surface area contributed by atoms with E-state index in [2.05, 4.69) is 15.9 Å². The molecule has 0 aliphatic carbocycles. The monoisotopic (exact) mass is 342 g/mol. The van der Waals surface area contributed by atoms with E-state index >= 15 is 0 Å². The van der Waals surface area contributed by atoms with Crippen LogP contribution in [-0.4, -0.2) is 9.13 Å². The van der Waals surface area contributed by atoms with E-state index in [1.165, 1.54) is 0 Å². The molecule has 4 heteroatoms. The first-order valence-electron chi connectivity index (χ1n) is 6.77. The molecule has 0 aliphatic rings. The second kappa shape index (κ2) is 6.14. The van der Waals surface area contributed by atoms with E-state index in [1.54, 1.807) is 9.13 Å². The van der Waals surface area contributed by atoms with Gasteiger partial charge in [-0.05, 0) is 17.2 Å². The number of hydrogen-bond donors (Lipinski definition) is 0. The third-order valence-electron chi connectivity index (χ3n) is 3.41. The Balaban J connectivity index is 1.83. The van der Waals surface area contributed by atoms with Gasteiger partial charge in [0.1, 0.15) is 0 Å². The molecule has 0 fully saturated rings. The fourth-order valence-electron chi connectivity index (χ4n) is 2.28. The minimum atomic E-state index is 0.00889. The van der Waals surface area contributed by atoms with Gasteiger partial charge >= 0.3 is 5.69 Å². The van der Waals surface area contributed by atoms with Crippen LogP contribution in [-0.2, 0) is 13.1 Å². The second-order valence-corrected chi connectivity index (χ2v) is 5.77. The van der Waals surface area contributed by atoms with E-state index in [4.69, 9.17) is 0 Å². The van der Waals surface area contributed by atoms with E-state index in [0.717, 1.165) is 15.6 Å². The molecule has 106 valence electrons. The number of benzene rings is 2. The number of halogens is 1. The van der Waals surface area contributed by atoms with Crippen LogP contribution in [0.5, 0.6) is 0 Å². The molecule has 3 rings (SSSR count). The summed E-state index contributed by atoms with van der Waals surface area (Å²) in [4.78, 5) is 12.4. The Kier molecular flexibility index (Phi) is 4.06. The van der Waals surface area contributed by atoms with Gasteiger partial charge in [-0.15, -0.1) is 0 Å². The summed E-state index contributed by atoms with van der Waals surface area (Å²) in [7, 11) is 0. The summed E-state index contributed by atoms with van der Waals surface area (Å²) in [5.74, 6) is 0. The van der Waals surface area contributed by atoms with Crippen LogP contribution in [0.15, 0.2) is 76.3 Å². The molecule has 0 saturated carbocycles. The van der Waals surface area contributed by atoms with Crippen molar-refractivity contribution < 1.29 is 0 Å². The van der Waals surface area contributed by atoms with Crippen LogP contribution in [0.1, 0.15) is 11.1 Å². The molecule has 0 atom stereocenters. The summed E-state index contributed by atoms with van der Waals surface area (Å²) in [5.41, 5.74) is 2.23. The highest BCUT2D eigenvalue weighted by Crippen LogP contribution is 2.16. The highest BCUT2D eigenvalue weighted by atomic mass is 79.9. The lowest BCUT2D eigenvalue weighted by Crippen LogP contribution is -2.24. The molecule has 0 unspecified atom stereocenters. The van der Waals surface area contributed by atoms with Crippen molar-refractivity contribution in [2.24, 2.45) is 0 Å². The number of imidazole rings is 1. The molecule has 0 spiro atoms. The van der Waals surface area contributed by atoms with Crippen molar-refractivity contribution in [3.8, 4) is 0 Å². The molecule has 3 nitrogen and oxygen atoms in total. The maximum absolute atomic E-state index is 12.4. The zero-order chi connectivity index (χ0) is 14.7. The molecule has 2 aromatic carbocycles. The normalized spacial score (nSPS) is 10.7. The predicted molar refractivity (Wildman–Crippen MR) is 87.5 cm³/mol. The Hall–Kier alpha value is -2.07. The highest BCUT2D eigenvalue weighted by molar-refractivity contribution is 9.10. The van der Waals surface area contributed by atoms with Gasteiger partial charge in [0.15, 0.2) is 0 Å². The van der Waals surface area contributed by atoms with Gasteiger partial charge in [0.05, 0.1) is 13.1 Å². The summed E-state index contributed by atoms with van der Waals surface area (Å²) >= 11 is 3.52. The first-order chi connectivity index (χ1) is 10.2. The first-order valence-corrected chi connectivity index (χ1v) is 7.56. The topological polar surface area (TPSA) is 26.9 Å². The van der Waals surface area contributed by atoms with Crippen LogP contribution in [0.25, 0.3) is 0 Å². The van der Waals surface area contributed by atoms with Crippen LogP contribution in [0.2, 0.25) is 0 Å². The van der Waals surface area contributed by atoms with E-state index in [9.17, 15) is 4.79 Å². The van der Waals surface area contributed by atoms with Crippen molar-refractivity contribution in [1.29, 1.82) is 0 Å². The summed E-state index contributed by atoms with van der Waals surface area (Å²) in [6, 6.07) is 18.0. The fraction of sp³-hybridized carbons (Fsp3) is 0.118.